The number of nitrogens with one attached hydrogen (secondary N) is 2. The van der Waals surface area contributed by atoms with Gasteiger partial charge in [-0.1, -0.05) is 15.9 Å². The third-order valence-corrected chi connectivity index (χ3v) is 9.83. The fraction of sp³-hybridized carbons (Fsp3) is 0.222. The van der Waals surface area contributed by atoms with Gasteiger partial charge in [0.2, 0.25) is 21.8 Å². The summed E-state index contributed by atoms with van der Waals surface area (Å²) in [5.74, 6) is -14.3. The number of fused-ring (bicyclic) bond motifs is 1. The van der Waals surface area contributed by atoms with Gasteiger partial charge in [-0.15, -0.1) is 0 Å². The van der Waals surface area contributed by atoms with Crippen LogP contribution in [0.3, 0.4) is 0 Å². The summed E-state index contributed by atoms with van der Waals surface area (Å²) in [5, 5.41) is 14.4. The average Bonchev–Trinajstić information content (AvgIpc) is 3.41. The van der Waals surface area contributed by atoms with Crippen LogP contribution in [-0.2, 0) is 28.8 Å². The van der Waals surface area contributed by atoms with Gasteiger partial charge in [-0.05, 0) is 76.8 Å². The third kappa shape index (κ3) is 23.1. The molecule has 3 aromatic heterocycles. The zero-order valence-electron chi connectivity index (χ0n) is 42.0. The van der Waals surface area contributed by atoms with Crippen LogP contribution in [0.25, 0.3) is 0 Å². The van der Waals surface area contributed by atoms with Gasteiger partial charge >= 0.3 is 41.5 Å². The molecule has 35 heteroatoms. The summed E-state index contributed by atoms with van der Waals surface area (Å²) in [7, 11) is 9.19. The molecule has 80 heavy (non-hydrogen) atoms. The summed E-state index contributed by atoms with van der Waals surface area (Å²) < 4.78 is 130. The molecule has 0 amide bonds. The fourth-order valence-electron chi connectivity index (χ4n) is 5.24. The monoisotopic (exact) mass is 1270 g/mol. The number of ether oxygens (including phenoxy) is 2. The van der Waals surface area contributed by atoms with Crippen LogP contribution in [0.4, 0.5) is 57.0 Å². The second kappa shape index (κ2) is 35.1. The van der Waals surface area contributed by atoms with Crippen LogP contribution in [-0.4, -0.2) is 112 Å². The molecule has 7 rings (SSSR count). The number of hydrogen-bond donors (Lipinski definition) is 3. The van der Waals surface area contributed by atoms with Crippen LogP contribution in [0.1, 0.15) is 53.1 Å². The molecule has 3 N–H and O–H groups in total. The minimum Gasteiger partial charge on any atom is -0.793 e. The molecule has 20 nitrogen and oxygen atoms in total. The maximum absolute atomic E-state index is 13.4. The van der Waals surface area contributed by atoms with Gasteiger partial charge in [0.15, 0.2) is 105 Å². The largest absolute Gasteiger partial charge is 1.00 e. The normalized spacial score (nSPS) is 11.4. The summed E-state index contributed by atoms with van der Waals surface area (Å²) in [4.78, 5) is 83.8. The predicted octanol–water partition coefficient (Wildman–Crippen LogP) is 6.19. The number of ketones is 2. The van der Waals surface area contributed by atoms with E-state index in [0.29, 0.717) is 41.7 Å². The van der Waals surface area contributed by atoms with Crippen molar-refractivity contribution in [2.45, 2.75) is 26.8 Å². The van der Waals surface area contributed by atoms with Crippen LogP contribution in [0.2, 0.25) is 15.9 Å². The summed E-state index contributed by atoms with van der Waals surface area (Å²) >= 11 is 19.6. The molecule has 4 heterocycles. The molecule has 0 saturated heterocycles. The number of hydrogen-bond acceptors (Lipinski definition) is 20. The molecule has 423 valence electrons. The molecule has 0 spiro atoms. The van der Waals surface area contributed by atoms with E-state index < -0.39 is 94.5 Å². The number of alkyl halides is 1. The first-order chi connectivity index (χ1) is 37.1. The van der Waals surface area contributed by atoms with Gasteiger partial charge in [0.1, 0.15) is 6.61 Å². The van der Waals surface area contributed by atoms with Crippen LogP contribution in [0.5, 0.6) is 17.2 Å². The van der Waals surface area contributed by atoms with E-state index >= 15 is 0 Å². The van der Waals surface area contributed by atoms with E-state index in [4.69, 9.17) is 49.4 Å². The van der Waals surface area contributed by atoms with Crippen LogP contribution in [0.15, 0.2) is 55.0 Å². The Morgan fingerprint density at radius 1 is 0.675 bits per heavy atom. The van der Waals surface area contributed by atoms with E-state index in [1.165, 1.54) is 25.5 Å². The van der Waals surface area contributed by atoms with Crippen molar-refractivity contribution in [1.82, 2.24) is 29.9 Å². The van der Waals surface area contributed by atoms with Gasteiger partial charge in [-0.25, -0.2) is 73.8 Å². The summed E-state index contributed by atoms with van der Waals surface area (Å²) in [6, 6.07) is 3.90. The first-order valence-electron chi connectivity index (χ1n) is 21.0. The number of nitrogens with zero attached hydrogens (tertiary/aromatic N) is 7. The Morgan fingerprint density at radius 3 is 1.49 bits per heavy atom. The minimum absolute atomic E-state index is 0. The van der Waals surface area contributed by atoms with Crippen molar-refractivity contribution in [2.24, 2.45) is 0 Å². The fourth-order valence-corrected chi connectivity index (χ4v) is 5.96. The Labute approximate surface area is 493 Å². The molecule has 0 bridgehead atoms. The molecule has 1 aliphatic heterocycles. The number of benzene rings is 3. The Morgan fingerprint density at radius 2 is 1.07 bits per heavy atom. The number of Topliss-reactive ketones (excluding diaryl/α,β-unsaturated/α-hetero) is 2. The Kier molecular flexibility index (Phi) is 31.2. The van der Waals surface area contributed by atoms with E-state index in [-0.39, 0.29) is 91.4 Å². The minimum atomic E-state index is -1.64. The Balaban J connectivity index is 0.000000510. The molecule has 0 saturated carbocycles. The van der Waals surface area contributed by atoms with E-state index in [9.17, 15) is 63.5 Å². The van der Waals surface area contributed by atoms with Crippen molar-refractivity contribution in [3.8, 4) is 17.2 Å². The standard InChI is InChI=1S/C13H9ClF3N3O2.C13H9ClF3N3O.C8H4BrF3O.C5H6ClN3O.C4H6O4.C2H3BO2.Na/c1-18-12-10(4-19-13(14)20-12)22-5-9(21)6-2-7(15)11(17)8(16)3-6;1-20-9(6-2-7(15)11(17)8(16)3-6)5-21-10-4-18-13(14)19-12(10)20;9-3-7(13)4-1-5(10)8(12)6(11)2-4;1-7-4-3(10)2-8-5(6)9-4;1-3(5)7-8-4(2)6;1-2(4)5-3;/h2-4H,5H2,1H3,(H,18,19,20);2-4,9H,5H2,1H3;1-2H,3H2;2,10H,1H3,(H,7,8,9);1-2H3;1H3;/q;;;;;-1;+1. The first-order valence-corrected chi connectivity index (χ1v) is 23.2. The van der Waals surface area contributed by atoms with Gasteiger partial charge in [0.25, 0.3) is 0 Å². The maximum Gasteiger partial charge on any atom is 1.00 e. The van der Waals surface area contributed by atoms with Crippen molar-refractivity contribution in [3.63, 3.8) is 0 Å². The van der Waals surface area contributed by atoms with Crippen molar-refractivity contribution < 1.29 is 122 Å². The van der Waals surface area contributed by atoms with Crippen LogP contribution < -0.4 is 54.6 Å². The van der Waals surface area contributed by atoms with E-state index in [1.54, 1.807) is 26.0 Å². The number of anilines is 3. The molecule has 3 aromatic carbocycles. The summed E-state index contributed by atoms with van der Waals surface area (Å²) in [6.07, 6.45) is 3.89. The number of carbonyl (C=O) groups excluding carboxylic acids is 5. The SMILES string of the molecule is CC(=O)OOC(C)=O.CN1c2nc(Cl)ncc2OCC1c1cc(F)c(F)c(F)c1.CNc1nc(Cl)ncc1O.CNc1nc(Cl)ncc1OCC(=O)c1cc(F)c(F)c(F)c1.O=C(CBr)c1cc(F)c(F)c(F)c1.[B-]OC(C)=O.[Na+]. The summed E-state index contributed by atoms with van der Waals surface area (Å²) in [6.45, 7) is 3.11. The van der Waals surface area contributed by atoms with Gasteiger partial charge in [-0.3, -0.25) is 14.4 Å². The second-order valence-corrected chi connectivity index (χ2v) is 15.9. The number of halogens is 13. The number of likely N-dealkylation sites (N-methyl/N-ethyl adjacent to an activating group) is 1. The number of aromatic nitrogens is 6. The van der Waals surface area contributed by atoms with Crippen molar-refractivity contribution >= 4 is 106 Å². The van der Waals surface area contributed by atoms with Crippen LogP contribution >= 0.6 is 50.7 Å². The molecule has 1 atom stereocenters. The Hall–Kier alpha value is -6.77. The third-order valence-electron chi connectivity index (χ3n) is 8.77. The predicted molar refractivity (Wildman–Crippen MR) is 266 cm³/mol. The van der Waals surface area contributed by atoms with Crippen LogP contribution in [0, 0.1) is 52.4 Å². The van der Waals surface area contributed by atoms with Gasteiger partial charge in [-0.2, -0.15) is 15.0 Å². The molecule has 6 aromatic rings. The summed E-state index contributed by atoms with van der Waals surface area (Å²) in [5.41, 5.74) is -0.292. The maximum atomic E-state index is 13.4. The zero-order valence-corrected chi connectivity index (χ0v) is 47.9. The van der Waals surface area contributed by atoms with Gasteiger partial charge < -0.3 is 42.8 Å². The Bertz CT molecular complexity index is 3060. The number of aromatic hydroxyl groups is 1. The number of rotatable bonds is 9. The van der Waals surface area contributed by atoms with Crippen molar-refractivity contribution in [1.29, 1.82) is 0 Å². The smallest absolute Gasteiger partial charge is 0.793 e. The van der Waals surface area contributed by atoms with Gasteiger partial charge in [0, 0.05) is 53.0 Å². The van der Waals surface area contributed by atoms with E-state index in [2.05, 4.69) is 78.9 Å². The van der Waals surface area contributed by atoms with Crippen molar-refractivity contribution in [3.05, 3.63) is 140 Å². The number of carbonyl (C=O) groups is 5. The zero-order chi connectivity index (χ0) is 59.8. The molecule has 0 fully saturated rings. The van der Waals surface area contributed by atoms with Crippen molar-refractivity contribution in [2.75, 3.05) is 55.2 Å². The van der Waals surface area contributed by atoms with Gasteiger partial charge in [0.05, 0.1) is 30.0 Å². The molecule has 1 aliphatic rings. The molecule has 3 radical (unpaired) electrons. The molecular weight excluding hydrogens is 1230 g/mol. The van der Waals surface area contributed by atoms with E-state index in [0.717, 1.165) is 26.0 Å². The first kappa shape index (κ1) is 71.2. The second-order valence-electron chi connectivity index (χ2n) is 14.3. The topological polar surface area (TPSA) is 256 Å². The quantitative estimate of drug-likeness (QED) is 0.0213. The molecule has 0 aliphatic carbocycles. The van der Waals surface area contributed by atoms with E-state index in [1.807, 2.05) is 0 Å². The molecule has 1 unspecified atom stereocenters. The average molecular weight is 1270 g/mol. The molecular formula is C45H37BBrCl3F9N9NaO11.